The van der Waals surface area contributed by atoms with Crippen LogP contribution in [0.4, 0.5) is 0 Å². The van der Waals surface area contributed by atoms with E-state index in [1.165, 1.54) is 0 Å². The molecule has 0 spiro atoms. The Labute approximate surface area is 147 Å². The van der Waals surface area contributed by atoms with Gasteiger partial charge in [-0.3, -0.25) is 9.89 Å². The maximum atomic E-state index is 12.7. The topological polar surface area (TPSA) is 78.5 Å². The van der Waals surface area contributed by atoms with E-state index in [0.29, 0.717) is 18.7 Å². The van der Waals surface area contributed by atoms with Crippen LogP contribution in [0.5, 0.6) is 5.75 Å². The summed E-state index contributed by atoms with van der Waals surface area (Å²) in [5.74, 6) is 0.622. The van der Waals surface area contributed by atoms with Crippen molar-refractivity contribution in [1.82, 2.24) is 15.1 Å². The molecule has 1 unspecified atom stereocenters. The first kappa shape index (κ1) is 17.5. The molecule has 1 saturated heterocycles. The molecule has 2 aromatic rings. The highest BCUT2D eigenvalue weighted by Gasteiger charge is 2.40. The number of aromatic nitrogens is 2. The van der Waals surface area contributed by atoms with Crippen molar-refractivity contribution in [2.45, 2.75) is 39.2 Å². The van der Waals surface area contributed by atoms with Crippen molar-refractivity contribution in [2.24, 2.45) is 0 Å². The molecule has 3 rings (SSSR count). The second-order valence-corrected chi connectivity index (χ2v) is 6.78. The molecule has 25 heavy (non-hydrogen) atoms. The van der Waals surface area contributed by atoms with E-state index in [2.05, 4.69) is 10.2 Å². The second-order valence-electron chi connectivity index (χ2n) is 6.78. The fraction of sp³-hybridized carbons (Fsp3) is 0.474. The molecule has 1 aromatic carbocycles. The Kier molecular flexibility index (Phi) is 4.81. The van der Waals surface area contributed by atoms with Crippen LogP contribution in [0.1, 0.15) is 40.7 Å². The number of amides is 1. The Balaban J connectivity index is 1.64. The van der Waals surface area contributed by atoms with Gasteiger partial charge in [0.1, 0.15) is 18.0 Å². The molecular weight excluding hydrogens is 318 g/mol. The van der Waals surface area contributed by atoms with Gasteiger partial charge in [0.05, 0.1) is 6.54 Å². The largest absolute Gasteiger partial charge is 0.490 e. The van der Waals surface area contributed by atoms with E-state index in [0.717, 1.165) is 29.0 Å². The Bertz CT molecular complexity index is 771. The molecule has 0 aliphatic carbocycles. The SMILES string of the molecule is CCc1[nH]nc(C(=O)N2CCC(O)(COc3ccccc3C)C2)c1C. The molecule has 0 bridgehead atoms. The molecule has 1 atom stereocenters. The number of benzene rings is 1. The highest BCUT2D eigenvalue weighted by atomic mass is 16.5. The quantitative estimate of drug-likeness (QED) is 0.873. The van der Waals surface area contributed by atoms with Crippen molar-refractivity contribution in [1.29, 1.82) is 0 Å². The zero-order valence-electron chi connectivity index (χ0n) is 15.0. The highest BCUT2D eigenvalue weighted by molar-refractivity contribution is 5.94. The summed E-state index contributed by atoms with van der Waals surface area (Å²) >= 11 is 0. The number of rotatable bonds is 5. The number of aryl methyl sites for hydroxylation is 2. The van der Waals surface area contributed by atoms with Crippen LogP contribution < -0.4 is 4.74 Å². The van der Waals surface area contributed by atoms with Crippen LogP contribution in [0.15, 0.2) is 24.3 Å². The van der Waals surface area contributed by atoms with E-state index in [9.17, 15) is 9.90 Å². The average molecular weight is 343 g/mol. The standard InChI is InChI=1S/C19H25N3O3/c1-4-15-14(3)17(21-20-15)18(23)22-10-9-19(24,11-22)12-25-16-8-6-5-7-13(16)2/h5-8,24H,4,9-12H2,1-3H3,(H,20,21). The van der Waals surface area contributed by atoms with Gasteiger partial charge in [0.15, 0.2) is 5.69 Å². The number of ether oxygens (including phenoxy) is 1. The van der Waals surface area contributed by atoms with E-state index >= 15 is 0 Å². The summed E-state index contributed by atoms with van der Waals surface area (Å²) in [6.07, 6.45) is 1.30. The van der Waals surface area contributed by atoms with E-state index in [1.54, 1.807) is 4.90 Å². The zero-order valence-corrected chi connectivity index (χ0v) is 15.0. The molecule has 2 heterocycles. The lowest BCUT2D eigenvalue weighted by molar-refractivity contribution is 0.00406. The van der Waals surface area contributed by atoms with Crippen molar-refractivity contribution in [3.8, 4) is 5.75 Å². The van der Waals surface area contributed by atoms with Crippen molar-refractivity contribution in [2.75, 3.05) is 19.7 Å². The smallest absolute Gasteiger partial charge is 0.274 e. The van der Waals surface area contributed by atoms with Crippen molar-refractivity contribution < 1.29 is 14.6 Å². The Morgan fingerprint density at radius 2 is 2.16 bits per heavy atom. The van der Waals surface area contributed by atoms with Gasteiger partial charge in [-0.05, 0) is 38.3 Å². The first-order valence-corrected chi connectivity index (χ1v) is 8.67. The highest BCUT2D eigenvalue weighted by Crippen LogP contribution is 2.26. The fourth-order valence-electron chi connectivity index (χ4n) is 3.21. The third kappa shape index (κ3) is 3.54. The first-order valence-electron chi connectivity index (χ1n) is 8.67. The van der Waals surface area contributed by atoms with Gasteiger partial charge in [-0.25, -0.2) is 0 Å². The third-order valence-corrected chi connectivity index (χ3v) is 4.88. The summed E-state index contributed by atoms with van der Waals surface area (Å²) in [4.78, 5) is 14.4. The van der Waals surface area contributed by atoms with E-state index in [1.807, 2.05) is 45.0 Å². The molecule has 1 aliphatic heterocycles. The van der Waals surface area contributed by atoms with Gasteiger partial charge in [0.2, 0.25) is 0 Å². The van der Waals surface area contributed by atoms with Crippen LogP contribution in [0.3, 0.4) is 0 Å². The van der Waals surface area contributed by atoms with Gasteiger partial charge in [0, 0.05) is 17.8 Å². The Morgan fingerprint density at radius 1 is 1.40 bits per heavy atom. The third-order valence-electron chi connectivity index (χ3n) is 4.88. The van der Waals surface area contributed by atoms with Crippen LogP contribution in [0.2, 0.25) is 0 Å². The minimum atomic E-state index is -1.03. The molecule has 1 amide bonds. The molecule has 2 N–H and O–H groups in total. The minimum absolute atomic E-state index is 0.139. The number of para-hydroxylation sites is 1. The molecule has 1 fully saturated rings. The number of nitrogens with one attached hydrogen (secondary N) is 1. The van der Waals surface area contributed by atoms with Gasteiger partial charge in [-0.15, -0.1) is 0 Å². The van der Waals surface area contributed by atoms with Gasteiger partial charge in [-0.1, -0.05) is 25.1 Å². The molecule has 6 nitrogen and oxygen atoms in total. The summed E-state index contributed by atoms with van der Waals surface area (Å²) in [7, 11) is 0. The van der Waals surface area contributed by atoms with Gasteiger partial charge < -0.3 is 14.7 Å². The van der Waals surface area contributed by atoms with Crippen LogP contribution in [-0.2, 0) is 6.42 Å². The van der Waals surface area contributed by atoms with E-state index in [4.69, 9.17) is 4.74 Å². The first-order chi connectivity index (χ1) is 11.9. The lowest BCUT2D eigenvalue weighted by Crippen LogP contribution is -2.41. The number of likely N-dealkylation sites (tertiary alicyclic amines) is 1. The number of β-amino-alcohol motifs (C(OH)–C–C–N with tert-alkyl or cyclic N) is 1. The lowest BCUT2D eigenvalue weighted by Gasteiger charge is -2.24. The summed E-state index contributed by atoms with van der Waals surface area (Å²) in [5, 5.41) is 17.9. The van der Waals surface area contributed by atoms with Crippen molar-refractivity contribution in [3.05, 3.63) is 46.8 Å². The average Bonchev–Trinajstić information content (AvgIpc) is 3.17. The number of carbonyl (C=O) groups excluding carboxylic acids is 1. The molecule has 6 heteroatoms. The predicted molar refractivity (Wildman–Crippen MR) is 94.8 cm³/mol. The van der Waals surface area contributed by atoms with Gasteiger partial charge in [0.25, 0.3) is 5.91 Å². The zero-order chi connectivity index (χ0) is 18.0. The summed E-state index contributed by atoms with van der Waals surface area (Å²) in [6, 6.07) is 7.71. The van der Waals surface area contributed by atoms with Crippen molar-refractivity contribution in [3.63, 3.8) is 0 Å². The molecule has 1 aromatic heterocycles. The molecular formula is C19H25N3O3. The van der Waals surface area contributed by atoms with E-state index in [-0.39, 0.29) is 19.1 Å². The maximum absolute atomic E-state index is 12.7. The van der Waals surface area contributed by atoms with Gasteiger partial charge in [-0.2, -0.15) is 5.10 Å². The van der Waals surface area contributed by atoms with Gasteiger partial charge >= 0.3 is 0 Å². The normalized spacial score (nSPS) is 20.1. The second kappa shape index (κ2) is 6.88. The van der Waals surface area contributed by atoms with Crippen LogP contribution in [0, 0.1) is 13.8 Å². The Hall–Kier alpha value is -2.34. The summed E-state index contributed by atoms with van der Waals surface area (Å²) in [5.41, 5.74) is 2.30. The molecule has 0 saturated carbocycles. The van der Waals surface area contributed by atoms with Crippen LogP contribution in [-0.4, -0.2) is 51.4 Å². The predicted octanol–water partition coefficient (Wildman–Crippen LogP) is 2.24. The van der Waals surface area contributed by atoms with Crippen molar-refractivity contribution >= 4 is 5.91 Å². The van der Waals surface area contributed by atoms with Crippen LogP contribution >= 0.6 is 0 Å². The number of aliphatic hydroxyl groups is 1. The van der Waals surface area contributed by atoms with Crippen LogP contribution in [0.25, 0.3) is 0 Å². The Morgan fingerprint density at radius 3 is 2.84 bits per heavy atom. The number of aromatic amines is 1. The van der Waals surface area contributed by atoms with E-state index < -0.39 is 5.60 Å². The minimum Gasteiger partial charge on any atom is -0.490 e. The summed E-state index contributed by atoms with van der Waals surface area (Å²) < 4.78 is 5.79. The fourth-order valence-corrected chi connectivity index (χ4v) is 3.21. The number of hydrogen-bond acceptors (Lipinski definition) is 4. The number of carbonyl (C=O) groups is 1. The molecule has 134 valence electrons. The molecule has 1 aliphatic rings. The maximum Gasteiger partial charge on any atom is 0.274 e. The lowest BCUT2D eigenvalue weighted by atomic mass is 10.1. The summed E-state index contributed by atoms with van der Waals surface area (Å²) in [6.45, 7) is 6.81. The number of nitrogens with zero attached hydrogens (tertiary/aromatic N) is 2. The number of hydrogen-bond donors (Lipinski definition) is 2. The monoisotopic (exact) mass is 343 g/mol. The molecule has 0 radical (unpaired) electrons. The number of H-pyrrole nitrogens is 1.